The first-order valence-corrected chi connectivity index (χ1v) is 7.62. The lowest BCUT2D eigenvalue weighted by Crippen LogP contribution is -2.29. The van der Waals surface area contributed by atoms with Crippen LogP contribution in [0.15, 0.2) is 65.9 Å². The Morgan fingerprint density at radius 1 is 1.09 bits per heavy atom. The highest BCUT2D eigenvalue weighted by Gasteiger charge is 2.32. The van der Waals surface area contributed by atoms with Crippen molar-refractivity contribution in [2.24, 2.45) is 4.99 Å². The van der Waals surface area contributed by atoms with Crippen LogP contribution >= 0.6 is 0 Å². The van der Waals surface area contributed by atoms with Gasteiger partial charge < -0.3 is 4.90 Å². The predicted molar refractivity (Wildman–Crippen MR) is 92.4 cm³/mol. The molecule has 0 bridgehead atoms. The molecule has 1 aliphatic rings. The lowest BCUT2D eigenvalue weighted by atomic mass is 10.1. The number of pyridine rings is 1. The number of para-hydroxylation sites is 1. The molecule has 1 amide bonds. The van der Waals surface area contributed by atoms with E-state index >= 15 is 0 Å². The maximum atomic E-state index is 12.7. The lowest BCUT2D eigenvalue weighted by Gasteiger charge is -2.12. The Morgan fingerprint density at radius 3 is 2.83 bits per heavy atom. The normalized spacial score (nSPS) is 15.4. The summed E-state index contributed by atoms with van der Waals surface area (Å²) in [5, 5.41) is 2.01. The number of amides is 1. The topological polar surface area (TPSA) is 45.6 Å². The lowest BCUT2D eigenvalue weighted by molar-refractivity contribution is -0.112. The standard InChI is InChI=1S/C19H15N3O/c1-2-22-17-9-4-3-7-15(17)18(19(22)23)21-16-8-5-6-13-12-20-11-10-14(13)16/h3-12H,2H2,1H3. The predicted octanol–water partition coefficient (Wildman–Crippen LogP) is 3.72. The van der Waals surface area contributed by atoms with Crippen molar-refractivity contribution in [3.8, 4) is 0 Å². The molecule has 0 saturated carbocycles. The van der Waals surface area contributed by atoms with Crippen molar-refractivity contribution in [2.75, 3.05) is 11.4 Å². The van der Waals surface area contributed by atoms with Crippen molar-refractivity contribution in [3.05, 3.63) is 66.5 Å². The molecule has 0 aliphatic carbocycles. The largest absolute Gasteiger partial charge is 0.307 e. The van der Waals surface area contributed by atoms with Crippen molar-refractivity contribution in [3.63, 3.8) is 0 Å². The van der Waals surface area contributed by atoms with E-state index < -0.39 is 0 Å². The van der Waals surface area contributed by atoms with Gasteiger partial charge in [0.05, 0.1) is 11.4 Å². The zero-order valence-electron chi connectivity index (χ0n) is 12.7. The second kappa shape index (κ2) is 5.32. The molecule has 112 valence electrons. The monoisotopic (exact) mass is 301 g/mol. The molecule has 3 aromatic rings. The molecule has 2 aromatic carbocycles. The molecule has 4 rings (SSSR count). The maximum absolute atomic E-state index is 12.7. The summed E-state index contributed by atoms with van der Waals surface area (Å²) in [7, 11) is 0. The number of hydrogen-bond donors (Lipinski definition) is 0. The van der Waals surface area contributed by atoms with Crippen LogP contribution in [0.1, 0.15) is 12.5 Å². The molecule has 0 saturated heterocycles. The molecule has 0 unspecified atom stereocenters. The van der Waals surface area contributed by atoms with Gasteiger partial charge in [-0.1, -0.05) is 30.3 Å². The minimum atomic E-state index is -0.0419. The molecule has 0 spiro atoms. The molecule has 1 aliphatic heterocycles. The molecule has 1 aromatic heterocycles. The van der Waals surface area contributed by atoms with Crippen molar-refractivity contribution >= 4 is 33.8 Å². The number of hydrogen-bond acceptors (Lipinski definition) is 3. The Labute approximate surface area is 134 Å². The first-order valence-electron chi connectivity index (χ1n) is 7.62. The highest BCUT2D eigenvalue weighted by atomic mass is 16.2. The number of nitrogens with zero attached hydrogens (tertiary/aromatic N) is 3. The van der Waals surface area contributed by atoms with E-state index in [0.717, 1.165) is 27.7 Å². The van der Waals surface area contributed by atoms with Crippen LogP contribution in [0.5, 0.6) is 0 Å². The van der Waals surface area contributed by atoms with Gasteiger partial charge in [0.1, 0.15) is 5.71 Å². The second-order valence-electron chi connectivity index (χ2n) is 5.40. The molecular formula is C19H15N3O. The van der Waals surface area contributed by atoms with Crippen LogP contribution in [0.3, 0.4) is 0 Å². The number of aromatic nitrogens is 1. The van der Waals surface area contributed by atoms with Gasteiger partial charge in [0.2, 0.25) is 0 Å². The molecule has 0 atom stereocenters. The second-order valence-corrected chi connectivity index (χ2v) is 5.40. The highest BCUT2D eigenvalue weighted by Crippen LogP contribution is 2.32. The van der Waals surface area contributed by atoms with Gasteiger partial charge in [-0.2, -0.15) is 0 Å². The maximum Gasteiger partial charge on any atom is 0.277 e. The fourth-order valence-corrected chi connectivity index (χ4v) is 3.01. The summed E-state index contributed by atoms with van der Waals surface area (Å²) in [6.07, 6.45) is 3.55. The summed E-state index contributed by atoms with van der Waals surface area (Å²) < 4.78 is 0. The minimum absolute atomic E-state index is 0.0419. The smallest absolute Gasteiger partial charge is 0.277 e. The molecule has 0 N–H and O–H groups in total. The van der Waals surface area contributed by atoms with E-state index in [1.807, 2.05) is 61.7 Å². The van der Waals surface area contributed by atoms with Crippen LogP contribution < -0.4 is 4.90 Å². The Kier molecular flexibility index (Phi) is 3.15. The first-order chi connectivity index (χ1) is 11.3. The number of fused-ring (bicyclic) bond motifs is 2. The molecule has 0 fully saturated rings. The number of carbonyl (C=O) groups is 1. The van der Waals surface area contributed by atoms with Gasteiger partial charge in [-0.25, -0.2) is 4.99 Å². The van der Waals surface area contributed by atoms with Gasteiger partial charge in [-0.05, 0) is 25.1 Å². The van der Waals surface area contributed by atoms with E-state index in [-0.39, 0.29) is 5.91 Å². The third kappa shape index (κ3) is 2.11. The molecule has 23 heavy (non-hydrogen) atoms. The average molecular weight is 301 g/mol. The van der Waals surface area contributed by atoms with Gasteiger partial charge in [-0.3, -0.25) is 9.78 Å². The third-order valence-corrected chi connectivity index (χ3v) is 4.10. The SMILES string of the molecule is CCN1C(=O)C(=Nc2cccc3cnccc23)c2ccccc21. The zero-order valence-corrected chi connectivity index (χ0v) is 12.7. The molecule has 0 radical (unpaired) electrons. The molecular weight excluding hydrogens is 286 g/mol. The fraction of sp³-hybridized carbons (Fsp3) is 0.105. The van der Waals surface area contributed by atoms with Crippen LogP contribution in [0.4, 0.5) is 11.4 Å². The summed E-state index contributed by atoms with van der Waals surface area (Å²) in [6.45, 7) is 2.61. The summed E-state index contributed by atoms with van der Waals surface area (Å²) in [5.74, 6) is -0.0419. The summed E-state index contributed by atoms with van der Waals surface area (Å²) in [6, 6.07) is 15.6. The van der Waals surface area contributed by atoms with Crippen molar-refractivity contribution in [1.29, 1.82) is 0 Å². The van der Waals surface area contributed by atoms with E-state index in [1.54, 1.807) is 11.1 Å². The molecule has 4 heteroatoms. The number of rotatable bonds is 2. The molecule has 2 heterocycles. The van der Waals surface area contributed by atoms with Gasteiger partial charge >= 0.3 is 0 Å². The Bertz CT molecular complexity index is 941. The van der Waals surface area contributed by atoms with Gasteiger partial charge in [0, 0.05) is 35.3 Å². The van der Waals surface area contributed by atoms with Crippen molar-refractivity contribution in [1.82, 2.24) is 4.98 Å². The van der Waals surface area contributed by atoms with Crippen LogP contribution in [0.25, 0.3) is 10.8 Å². The van der Waals surface area contributed by atoms with Crippen LogP contribution in [-0.2, 0) is 4.79 Å². The first kappa shape index (κ1) is 13.6. The Hall–Kier alpha value is -3.01. The van der Waals surface area contributed by atoms with Gasteiger partial charge in [0.25, 0.3) is 5.91 Å². The van der Waals surface area contributed by atoms with E-state index in [4.69, 9.17) is 4.99 Å². The number of aliphatic imine (C=N–C) groups is 1. The number of benzene rings is 2. The Balaban J connectivity index is 1.93. The Morgan fingerprint density at radius 2 is 1.96 bits per heavy atom. The van der Waals surface area contributed by atoms with E-state index in [1.165, 1.54) is 0 Å². The summed E-state index contributed by atoms with van der Waals surface area (Å²) >= 11 is 0. The average Bonchev–Trinajstić information content (AvgIpc) is 2.87. The van der Waals surface area contributed by atoms with Crippen LogP contribution in [0.2, 0.25) is 0 Å². The quantitative estimate of drug-likeness (QED) is 0.724. The summed E-state index contributed by atoms with van der Waals surface area (Å²) in [4.78, 5) is 23.3. The highest BCUT2D eigenvalue weighted by molar-refractivity contribution is 6.54. The summed E-state index contributed by atoms with van der Waals surface area (Å²) in [5.41, 5.74) is 3.12. The van der Waals surface area contributed by atoms with Crippen LogP contribution in [0, 0.1) is 0 Å². The third-order valence-electron chi connectivity index (χ3n) is 4.10. The van der Waals surface area contributed by atoms with Crippen molar-refractivity contribution < 1.29 is 4.79 Å². The number of likely N-dealkylation sites (N-methyl/N-ethyl adjacent to an activating group) is 1. The number of carbonyl (C=O) groups excluding carboxylic acids is 1. The van der Waals surface area contributed by atoms with E-state index in [2.05, 4.69) is 4.98 Å². The number of anilines is 1. The van der Waals surface area contributed by atoms with Gasteiger partial charge in [-0.15, -0.1) is 0 Å². The molecule has 4 nitrogen and oxygen atoms in total. The van der Waals surface area contributed by atoms with Crippen molar-refractivity contribution in [2.45, 2.75) is 6.92 Å². The zero-order chi connectivity index (χ0) is 15.8. The van der Waals surface area contributed by atoms with Gasteiger partial charge in [0.15, 0.2) is 0 Å². The minimum Gasteiger partial charge on any atom is -0.307 e. The van der Waals surface area contributed by atoms with Crippen LogP contribution in [-0.4, -0.2) is 23.1 Å². The van der Waals surface area contributed by atoms with E-state index in [9.17, 15) is 4.79 Å². The van der Waals surface area contributed by atoms with E-state index in [0.29, 0.717) is 12.3 Å². The fourth-order valence-electron chi connectivity index (χ4n) is 3.01.